The number of piperidine rings is 1. The van der Waals surface area contributed by atoms with Crippen LogP contribution in [0.3, 0.4) is 0 Å². The topological polar surface area (TPSA) is 52.6 Å². The zero-order valence-corrected chi connectivity index (χ0v) is 13.9. The van der Waals surface area contributed by atoms with Crippen LogP contribution in [0.15, 0.2) is 24.3 Å². The number of hydrogen-bond donors (Lipinski definition) is 2. The molecule has 1 fully saturated rings. The van der Waals surface area contributed by atoms with Gasteiger partial charge < -0.3 is 15.3 Å². The minimum atomic E-state index is -0.265. The van der Waals surface area contributed by atoms with Gasteiger partial charge in [0.2, 0.25) is 0 Å². The van der Waals surface area contributed by atoms with E-state index in [9.17, 15) is 9.90 Å². The maximum atomic E-state index is 12.4. The summed E-state index contributed by atoms with van der Waals surface area (Å²) < 4.78 is 0. The Morgan fingerprint density at radius 2 is 2.00 bits per heavy atom. The third kappa shape index (κ3) is 4.97. The Hall–Kier alpha value is -1.10. The first-order chi connectivity index (χ1) is 10.6. The van der Waals surface area contributed by atoms with Crippen LogP contribution < -0.4 is 5.32 Å². The molecule has 0 aromatic heterocycles. The Bertz CT molecular complexity index is 470. The Labute approximate surface area is 137 Å². The quantitative estimate of drug-likeness (QED) is 0.846. The molecule has 1 aromatic rings. The molecular weight excluding hydrogens is 300 g/mol. The number of benzene rings is 1. The van der Waals surface area contributed by atoms with E-state index >= 15 is 0 Å². The monoisotopic (exact) mass is 324 g/mol. The minimum absolute atomic E-state index is 0.0705. The summed E-state index contributed by atoms with van der Waals surface area (Å²) in [6, 6.07) is 7.43. The number of carbonyl (C=O) groups excluding carboxylic acids is 1. The van der Waals surface area contributed by atoms with E-state index in [0.717, 1.165) is 38.8 Å². The molecule has 1 unspecified atom stereocenters. The van der Waals surface area contributed by atoms with Crippen LogP contribution >= 0.6 is 11.6 Å². The average molecular weight is 325 g/mol. The molecule has 1 heterocycles. The van der Waals surface area contributed by atoms with Gasteiger partial charge in [-0.05, 0) is 43.5 Å². The SMILES string of the molecule is CCCC(O)CNC1CCN(C(=O)c2ccc(Cl)cc2)CC1. The highest BCUT2D eigenvalue weighted by Crippen LogP contribution is 2.16. The van der Waals surface area contributed by atoms with Gasteiger partial charge in [-0.3, -0.25) is 4.79 Å². The van der Waals surface area contributed by atoms with Crippen LogP contribution in [0.1, 0.15) is 43.0 Å². The lowest BCUT2D eigenvalue weighted by Crippen LogP contribution is -2.46. The molecule has 0 spiro atoms. The third-order valence-corrected chi connectivity index (χ3v) is 4.39. The number of likely N-dealkylation sites (tertiary alicyclic amines) is 1. The number of carbonyl (C=O) groups is 1. The minimum Gasteiger partial charge on any atom is -0.392 e. The Balaban J connectivity index is 1.77. The van der Waals surface area contributed by atoms with E-state index in [1.165, 1.54) is 0 Å². The molecule has 1 atom stereocenters. The van der Waals surface area contributed by atoms with Gasteiger partial charge in [-0.25, -0.2) is 0 Å². The van der Waals surface area contributed by atoms with Crippen LogP contribution in [0, 0.1) is 0 Å². The van der Waals surface area contributed by atoms with E-state index in [4.69, 9.17) is 11.6 Å². The Morgan fingerprint density at radius 1 is 1.36 bits per heavy atom. The van der Waals surface area contributed by atoms with Crippen molar-refractivity contribution in [3.8, 4) is 0 Å². The fraction of sp³-hybridized carbons (Fsp3) is 0.588. The summed E-state index contributed by atoms with van der Waals surface area (Å²) in [6.07, 6.45) is 3.42. The summed E-state index contributed by atoms with van der Waals surface area (Å²) in [7, 11) is 0. The van der Waals surface area contributed by atoms with E-state index in [1.54, 1.807) is 24.3 Å². The summed E-state index contributed by atoms with van der Waals surface area (Å²) in [5, 5.41) is 13.8. The molecule has 1 aliphatic rings. The molecule has 2 rings (SSSR count). The number of nitrogens with one attached hydrogen (secondary N) is 1. The number of aliphatic hydroxyl groups excluding tert-OH is 1. The zero-order valence-electron chi connectivity index (χ0n) is 13.1. The molecule has 0 radical (unpaired) electrons. The molecule has 1 aliphatic heterocycles. The molecule has 1 aromatic carbocycles. The smallest absolute Gasteiger partial charge is 0.253 e. The summed E-state index contributed by atoms with van der Waals surface area (Å²) in [5.74, 6) is 0.0705. The first-order valence-electron chi connectivity index (χ1n) is 8.06. The lowest BCUT2D eigenvalue weighted by Gasteiger charge is -2.33. The fourth-order valence-corrected chi connectivity index (χ4v) is 2.93. The van der Waals surface area contributed by atoms with Crippen molar-refractivity contribution in [1.82, 2.24) is 10.2 Å². The zero-order chi connectivity index (χ0) is 15.9. The van der Waals surface area contributed by atoms with E-state index in [2.05, 4.69) is 12.2 Å². The van der Waals surface area contributed by atoms with Crippen molar-refractivity contribution in [3.63, 3.8) is 0 Å². The number of rotatable bonds is 6. The summed E-state index contributed by atoms with van der Waals surface area (Å²) >= 11 is 5.85. The highest BCUT2D eigenvalue weighted by molar-refractivity contribution is 6.30. The Morgan fingerprint density at radius 3 is 2.59 bits per heavy atom. The number of halogens is 1. The van der Waals surface area contributed by atoms with Gasteiger partial charge in [0.25, 0.3) is 5.91 Å². The molecule has 1 saturated heterocycles. The van der Waals surface area contributed by atoms with Gasteiger partial charge in [-0.2, -0.15) is 0 Å². The maximum absolute atomic E-state index is 12.4. The van der Waals surface area contributed by atoms with Crippen molar-refractivity contribution in [2.24, 2.45) is 0 Å². The lowest BCUT2D eigenvalue weighted by molar-refractivity contribution is 0.0697. The standard InChI is InChI=1S/C17H25ClN2O2/c1-2-3-16(21)12-19-15-8-10-20(11-9-15)17(22)13-4-6-14(18)7-5-13/h4-7,15-16,19,21H,2-3,8-12H2,1H3. The lowest BCUT2D eigenvalue weighted by atomic mass is 10.0. The summed E-state index contributed by atoms with van der Waals surface area (Å²) in [5.41, 5.74) is 0.689. The van der Waals surface area contributed by atoms with Gasteiger partial charge in [0, 0.05) is 36.3 Å². The maximum Gasteiger partial charge on any atom is 0.253 e. The summed E-state index contributed by atoms with van der Waals surface area (Å²) in [6.45, 7) is 4.22. The van der Waals surface area contributed by atoms with E-state index in [0.29, 0.717) is 23.2 Å². The molecule has 0 aliphatic carbocycles. The van der Waals surface area contributed by atoms with Gasteiger partial charge in [-0.1, -0.05) is 24.9 Å². The molecule has 5 heteroatoms. The molecule has 0 saturated carbocycles. The average Bonchev–Trinajstić information content (AvgIpc) is 2.54. The number of amides is 1. The second-order valence-electron chi connectivity index (χ2n) is 5.92. The van der Waals surface area contributed by atoms with Gasteiger partial charge >= 0.3 is 0 Å². The predicted octanol–water partition coefficient (Wildman–Crippen LogP) is 2.70. The molecule has 0 bridgehead atoms. The normalized spacial score (nSPS) is 17.5. The van der Waals surface area contributed by atoms with Crippen molar-refractivity contribution < 1.29 is 9.90 Å². The van der Waals surface area contributed by atoms with Crippen molar-refractivity contribution in [1.29, 1.82) is 0 Å². The largest absolute Gasteiger partial charge is 0.392 e. The fourth-order valence-electron chi connectivity index (χ4n) is 2.80. The van der Waals surface area contributed by atoms with Gasteiger partial charge in [0.05, 0.1) is 6.10 Å². The van der Waals surface area contributed by atoms with Crippen LogP contribution in [-0.2, 0) is 0 Å². The van der Waals surface area contributed by atoms with Crippen LogP contribution in [0.25, 0.3) is 0 Å². The van der Waals surface area contributed by atoms with Crippen molar-refractivity contribution in [3.05, 3.63) is 34.9 Å². The second kappa shape index (κ2) is 8.51. The molecule has 122 valence electrons. The molecule has 4 nitrogen and oxygen atoms in total. The number of aliphatic hydroxyl groups is 1. The molecule has 2 N–H and O–H groups in total. The van der Waals surface area contributed by atoms with Crippen LogP contribution in [0.2, 0.25) is 5.02 Å². The van der Waals surface area contributed by atoms with Crippen LogP contribution in [0.4, 0.5) is 0 Å². The highest BCUT2D eigenvalue weighted by Gasteiger charge is 2.23. The first-order valence-corrected chi connectivity index (χ1v) is 8.44. The molecule has 22 heavy (non-hydrogen) atoms. The number of hydrogen-bond acceptors (Lipinski definition) is 3. The number of nitrogens with zero attached hydrogens (tertiary/aromatic N) is 1. The molecular formula is C17H25ClN2O2. The van der Waals surface area contributed by atoms with Gasteiger partial charge in [0.15, 0.2) is 0 Å². The molecule has 1 amide bonds. The van der Waals surface area contributed by atoms with Gasteiger partial charge in [0.1, 0.15) is 0 Å². The van der Waals surface area contributed by atoms with Crippen molar-refractivity contribution in [2.75, 3.05) is 19.6 Å². The van der Waals surface area contributed by atoms with E-state index in [1.807, 2.05) is 4.90 Å². The third-order valence-electron chi connectivity index (χ3n) is 4.14. The van der Waals surface area contributed by atoms with E-state index < -0.39 is 0 Å². The van der Waals surface area contributed by atoms with Crippen molar-refractivity contribution in [2.45, 2.75) is 44.8 Å². The second-order valence-corrected chi connectivity index (χ2v) is 6.36. The first kappa shape index (κ1) is 17.3. The highest BCUT2D eigenvalue weighted by atomic mass is 35.5. The summed E-state index contributed by atoms with van der Waals surface area (Å²) in [4.78, 5) is 14.3. The van der Waals surface area contributed by atoms with Crippen molar-refractivity contribution >= 4 is 17.5 Å². The Kier molecular flexibility index (Phi) is 6.68. The predicted molar refractivity (Wildman–Crippen MR) is 89.3 cm³/mol. The van der Waals surface area contributed by atoms with Crippen LogP contribution in [-0.4, -0.2) is 47.7 Å². The van der Waals surface area contributed by atoms with Gasteiger partial charge in [-0.15, -0.1) is 0 Å². The van der Waals surface area contributed by atoms with E-state index in [-0.39, 0.29) is 12.0 Å². The van der Waals surface area contributed by atoms with Crippen LogP contribution in [0.5, 0.6) is 0 Å².